The van der Waals surface area contributed by atoms with E-state index in [1.165, 1.54) is 0 Å². The minimum absolute atomic E-state index is 0.00701. The highest BCUT2D eigenvalue weighted by molar-refractivity contribution is 5.94. The van der Waals surface area contributed by atoms with Crippen LogP contribution in [0, 0.1) is 5.92 Å². The van der Waals surface area contributed by atoms with Crippen molar-refractivity contribution >= 4 is 5.91 Å². The van der Waals surface area contributed by atoms with E-state index in [9.17, 15) is 4.79 Å². The molecule has 1 aromatic carbocycles. The molecule has 1 aromatic rings. The van der Waals surface area contributed by atoms with Crippen LogP contribution in [-0.2, 0) is 4.74 Å². The number of carbonyl (C=O) groups excluding carboxylic acids is 1. The van der Waals surface area contributed by atoms with Crippen LogP contribution in [0.2, 0.25) is 0 Å². The van der Waals surface area contributed by atoms with Gasteiger partial charge in [-0.25, -0.2) is 0 Å². The van der Waals surface area contributed by atoms with Crippen LogP contribution in [0.3, 0.4) is 0 Å². The normalized spacial score (nSPS) is 24.1. The Balaban J connectivity index is 1.50. The second-order valence-corrected chi connectivity index (χ2v) is 7.79. The number of carbonyl (C=O) groups is 1. The van der Waals surface area contributed by atoms with E-state index in [4.69, 9.17) is 9.47 Å². The van der Waals surface area contributed by atoms with Crippen molar-refractivity contribution in [3.63, 3.8) is 0 Å². The molecule has 138 valence electrons. The number of nitrogens with zero attached hydrogens (tertiary/aromatic N) is 2. The van der Waals surface area contributed by atoms with Gasteiger partial charge in [-0.1, -0.05) is 6.07 Å². The van der Waals surface area contributed by atoms with Gasteiger partial charge in [0.1, 0.15) is 5.75 Å². The van der Waals surface area contributed by atoms with Crippen LogP contribution in [0.4, 0.5) is 0 Å². The molecule has 0 spiro atoms. The minimum atomic E-state index is 0.00701. The Hall–Kier alpha value is -1.59. The van der Waals surface area contributed by atoms with E-state index >= 15 is 0 Å². The molecule has 3 rings (SSSR count). The first-order chi connectivity index (χ1) is 12.0. The van der Waals surface area contributed by atoms with Gasteiger partial charge in [0.25, 0.3) is 5.91 Å². The van der Waals surface area contributed by atoms with Crippen molar-refractivity contribution in [3.8, 4) is 5.75 Å². The van der Waals surface area contributed by atoms with Gasteiger partial charge in [0.05, 0.1) is 12.7 Å². The first-order valence-electron chi connectivity index (χ1n) is 9.26. The molecule has 1 amide bonds. The molecule has 0 bridgehead atoms. The molecular formula is C20H30N2O3. The van der Waals surface area contributed by atoms with Crippen LogP contribution in [0.5, 0.6) is 5.75 Å². The summed E-state index contributed by atoms with van der Waals surface area (Å²) in [7, 11) is 1.62. The fourth-order valence-corrected chi connectivity index (χ4v) is 3.95. The van der Waals surface area contributed by atoms with Crippen molar-refractivity contribution in [2.45, 2.75) is 32.3 Å². The second-order valence-electron chi connectivity index (χ2n) is 7.79. The highest BCUT2D eigenvalue weighted by Gasteiger charge is 2.31. The zero-order valence-corrected chi connectivity index (χ0v) is 15.7. The maximum Gasteiger partial charge on any atom is 0.254 e. The summed E-state index contributed by atoms with van der Waals surface area (Å²) >= 11 is 0. The lowest BCUT2D eigenvalue weighted by atomic mass is 9.88. The van der Waals surface area contributed by atoms with Crippen LogP contribution >= 0.6 is 0 Å². The van der Waals surface area contributed by atoms with Crippen molar-refractivity contribution in [3.05, 3.63) is 29.8 Å². The van der Waals surface area contributed by atoms with Gasteiger partial charge < -0.3 is 14.4 Å². The van der Waals surface area contributed by atoms with Gasteiger partial charge in [0.2, 0.25) is 0 Å². The zero-order chi connectivity index (χ0) is 17.9. The average molecular weight is 346 g/mol. The van der Waals surface area contributed by atoms with Crippen LogP contribution in [0.25, 0.3) is 0 Å². The predicted octanol–water partition coefficient (Wildman–Crippen LogP) is 2.66. The van der Waals surface area contributed by atoms with Gasteiger partial charge in [0, 0.05) is 44.9 Å². The van der Waals surface area contributed by atoms with Crippen LogP contribution in [0.1, 0.15) is 37.0 Å². The number of ether oxygens (including phenoxy) is 2. The van der Waals surface area contributed by atoms with Crippen LogP contribution < -0.4 is 4.74 Å². The third kappa shape index (κ3) is 4.73. The van der Waals surface area contributed by atoms with E-state index in [0.29, 0.717) is 11.5 Å². The van der Waals surface area contributed by atoms with E-state index < -0.39 is 0 Å². The van der Waals surface area contributed by atoms with Crippen molar-refractivity contribution in [2.75, 3.05) is 46.4 Å². The monoisotopic (exact) mass is 346 g/mol. The molecule has 0 unspecified atom stereocenters. The fourth-order valence-electron chi connectivity index (χ4n) is 3.95. The second kappa shape index (κ2) is 7.75. The summed E-state index contributed by atoms with van der Waals surface area (Å²) < 4.78 is 11.0. The fraction of sp³-hybridized carbons (Fsp3) is 0.650. The zero-order valence-electron chi connectivity index (χ0n) is 15.7. The first-order valence-corrected chi connectivity index (χ1v) is 9.26. The maximum atomic E-state index is 12.7. The molecule has 0 aliphatic carbocycles. The molecule has 2 aliphatic rings. The molecule has 0 radical (unpaired) electrons. The lowest BCUT2D eigenvalue weighted by Crippen LogP contribution is -2.50. The van der Waals surface area contributed by atoms with Gasteiger partial charge in [-0.15, -0.1) is 0 Å². The molecule has 2 aliphatic heterocycles. The van der Waals surface area contributed by atoms with Gasteiger partial charge >= 0.3 is 0 Å². The van der Waals surface area contributed by atoms with E-state index in [1.54, 1.807) is 7.11 Å². The molecule has 5 nitrogen and oxygen atoms in total. The summed E-state index contributed by atoms with van der Waals surface area (Å²) in [6.07, 6.45) is 2.27. The molecule has 2 heterocycles. The summed E-state index contributed by atoms with van der Waals surface area (Å²) in [5.41, 5.74) is 0.714. The summed E-state index contributed by atoms with van der Waals surface area (Å²) in [6, 6.07) is 7.42. The van der Waals surface area contributed by atoms with Crippen molar-refractivity contribution in [1.82, 2.24) is 9.80 Å². The molecule has 1 atom stereocenters. The Morgan fingerprint density at radius 1 is 1.28 bits per heavy atom. The minimum Gasteiger partial charge on any atom is -0.497 e. The Bertz CT molecular complexity index is 594. The summed E-state index contributed by atoms with van der Waals surface area (Å²) in [6.45, 7) is 9.85. The van der Waals surface area contributed by atoms with Gasteiger partial charge in [0.15, 0.2) is 0 Å². The quantitative estimate of drug-likeness (QED) is 0.841. The maximum absolute atomic E-state index is 12.7. The van der Waals surface area contributed by atoms with E-state index in [2.05, 4.69) is 18.7 Å². The molecule has 0 N–H and O–H groups in total. The van der Waals surface area contributed by atoms with Gasteiger partial charge in [-0.3, -0.25) is 9.69 Å². The summed E-state index contributed by atoms with van der Waals surface area (Å²) in [4.78, 5) is 17.1. The Morgan fingerprint density at radius 2 is 2.04 bits per heavy atom. The largest absolute Gasteiger partial charge is 0.497 e. The standard InChI is InChI=1S/C20H30N2O3/c1-20(2)14-16(7-12-25-20)15-21-8-10-22(11-9-21)19(23)17-5-4-6-18(13-17)24-3/h4-6,13,16H,7-12,14-15H2,1-3H3/t16-/m0/s1. The number of methoxy groups -OCH3 is 1. The highest BCUT2D eigenvalue weighted by atomic mass is 16.5. The number of rotatable bonds is 4. The average Bonchev–Trinajstić information content (AvgIpc) is 2.61. The number of hydrogen-bond acceptors (Lipinski definition) is 4. The third-order valence-corrected chi connectivity index (χ3v) is 5.29. The van der Waals surface area contributed by atoms with E-state index in [0.717, 1.165) is 57.9 Å². The van der Waals surface area contributed by atoms with Crippen molar-refractivity contribution in [1.29, 1.82) is 0 Å². The number of hydrogen-bond donors (Lipinski definition) is 0. The van der Waals surface area contributed by atoms with Crippen LogP contribution in [0.15, 0.2) is 24.3 Å². The Kier molecular flexibility index (Phi) is 5.64. The number of amides is 1. The molecule has 0 saturated carbocycles. The SMILES string of the molecule is COc1cccc(C(=O)N2CCN(C[C@H]3CCOC(C)(C)C3)CC2)c1. The van der Waals surface area contributed by atoms with Crippen molar-refractivity contribution < 1.29 is 14.3 Å². The summed E-state index contributed by atoms with van der Waals surface area (Å²) in [5, 5.41) is 0. The molecule has 2 saturated heterocycles. The molecule has 0 aromatic heterocycles. The van der Waals surface area contributed by atoms with Crippen molar-refractivity contribution in [2.24, 2.45) is 5.92 Å². The molecule has 2 fully saturated rings. The lowest BCUT2D eigenvalue weighted by molar-refractivity contribution is -0.0778. The first kappa shape index (κ1) is 18.2. The predicted molar refractivity (Wildman–Crippen MR) is 98.1 cm³/mol. The number of benzene rings is 1. The van der Waals surface area contributed by atoms with E-state index in [-0.39, 0.29) is 11.5 Å². The smallest absolute Gasteiger partial charge is 0.254 e. The molecular weight excluding hydrogens is 316 g/mol. The lowest BCUT2D eigenvalue weighted by Gasteiger charge is -2.40. The van der Waals surface area contributed by atoms with Gasteiger partial charge in [-0.05, 0) is 50.8 Å². The Labute approximate surface area is 150 Å². The molecule has 25 heavy (non-hydrogen) atoms. The Morgan fingerprint density at radius 3 is 2.72 bits per heavy atom. The highest BCUT2D eigenvalue weighted by Crippen LogP contribution is 2.29. The van der Waals surface area contributed by atoms with Gasteiger partial charge in [-0.2, -0.15) is 0 Å². The number of piperazine rings is 1. The molecule has 5 heteroatoms. The third-order valence-electron chi connectivity index (χ3n) is 5.29. The van der Waals surface area contributed by atoms with E-state index in [1.807, 2.05) is 29.2 Å². The topological polar surface area (TPSA) is 42.0 Å². The van der Waals surface area contributed by atoms with Crippen LogP contribution in [-0.4, -0.2) is 67.7 Å². The summed E-state index contributed by atoms with van der Waals surface area (Å²) in [5.74, 6) is 1.53.